The molecule has 1 aliphatic heterocycles. The lowest BCUT2D eigenvalue weighted by atomic mass is 10.1. The van der Waals surface area contributed by atoms with Crippen LogP contribution in [0.4, 0.5) is 8.78 Å². The molecule has 1 amide bonds. The summed E-state index contributed by atoms with van der Waals surface area (Å²) in [4.78, 5) is 15.0. The Kier molecular flexibility index (Phi) is 4.36. The number of nitrogens with two attached hydrogens (primary N) is 1. The van der Waals surface area contributed by atoms with E-state index in [9.17, 15) is 13.6 Å². The molecule has 0 bridgehead atoms. The molecule has 106 valence electrons. The zero-order valence-corrected chi connectivity index (χ0v) is 11.4. The second kappa shape index (κ2) is 5.83. The summed E-state index contributed by atoms with van der Waals surface area (Å²) in [6.07, 6.45) is 1.47. The summed E-state index contributed by atoms with van der Waals surface area (Å²) < 4.78 is 29.0. The molecule has 0 saturated carbocycles. The van der Waals surface area contributed by atoms with Crippen LogP contribution in [0, 0.1) is 6.92 Å². The Morgan fingerprint density at radius 1 is 1.53 bits per heavy atom. The van der Waals surface area contributed by atoms with Crippen molar-refractivity contribution in [2.24, 2.45) is 5.73 Å². The quantitative estimate of drug-likeness (QED) is 0.928. The number of nitrogens with zero attached hydrogens (tertiary/aromatic N) is 1. The molecule has 2 heterocycles. The molecule has 0 aromatic carbocycles. The minimum atomic E-state index is -2.92. The van der Waals surface area contributed by atoms with Gasteiger partial charge < -0.3 is 15.4 Å². The molecule has 0 aliphatic carbocycles. The van der Waals surface area contributed by atoms with E-state index < -0.39 is 6.61 Å². The first-order valence-corrected chi connectivity index (χ1v) is 6.89. The number of piperidine rings is 1. The summed E-state index contributed by atoms with van der Waals surface area (Å²) in [5.41, 5.74) is 5.78. The summed E-state index contributed by atoms with van der Waals surface area (Å²) in [6, 6.07) is 1.59. The maximum absolute atomic E-state index is 12.3. The van der Waals surface area contributed by atoms with Gasteiger partial charge in [0.25, 0.3) is 5.91 Å². The molecule has 1 aliphatic rings. The molecule has 1 aromatic heterocycles. The predicted octanol–water partition coefficient (Wildman–Crippen LogP) is 2.22. The first-order chi connectivity index (χ1) is 8.97. The predicted molar refractivity (Wildman–Crippen MR) is 68.8 cm³/mol. The topological polar surface area (TPSA) is 55.6 Å². The molecule has 0 unspecified atom stereocenters. The summed E-state index contributed by atoms with van der Waals surface area (Å²) in [5, 5.41) is 0. The Hall–Kier alpha value is -1.21. The monoisotopic (exact) mass is 290 g/mol. The van der Waals surface area contributed by atoms with E-state index in [1.165, 1.54) is 17.4 Å². The number of hydrogen-bond acceptors (Lipinski definition) is 4. The minimum Gasteiger partial charge on any atom is -0.433 e. The summed E-state index contributed by atoms with van der Waals surface area (Å²) in [6.45, 7) is -0.0440. The first kappa shape index (κ1) is 14.2. The van der Waals surface area contributed by atoms with Crippen molar-refractivity contribution < 1.29 is 18.3 Å². The number of ether oxygens (including phenoxy) is 1. The zero-order valence-electron chi connectivity index (χ0n) is 10.6. The van der Waals surface area contributed by atoms with Crippen LogP contribution in [0.3, 0.4) is 0 Å². The highest BCUT2D eigenvalue weighted by Crippen LogP contribution is 2.31. The van der Waals surface area contributed by atoms with Gasteiger partial charge >= 0.3 is 6.61 Å². The van der Waals surface area contributed by atoms with Crippen LogP contribution in [0.5, 0.6) is 5.75 Å². The van der Waals surface area contributed by atoms with E-state index >= 15 is 0 Å². The van der Waals surface area contributed by atoms with E-state index in [2.05, 4.69) is 4.74 Å². The van der Waals surface area contributed by atoms with Crippen LogP contribution < -0.4 is 10.5 Å². The van der Waals surface area contributed by atoms with Gasteiger partial charge in [-0.2, -0.15) is 8.78 Å². The number of likely N-dealkylation sites (tertiary alicyclic amines) is 1. The molecular formula is C12H16F2N2O2S. The number of halogens is 2. The highest BCUT2D eigenvalue weighted by molar-refractivity contribution is 7.14. The Balaban J connectivity index is 2.14. The summed E-state index contributed by atoms with van der Waals surface area (Å²) in [5.74, 6) is -0.280. The number of amides is 1. The Bertz CT molecular complexity index is 457. The second-order valence-corrected chi connectivity index (χ2v) is 5.81. The van der Waals surface area contributed by atoms with Gasteiger partial charge in [-0.3, -0.25) is 4.79 Å². The van der Waals surface area contributed by atoms with Gasteiger partial charge in [0, 0.05) is 24.0 Å². The summed E-state index contributed by atoms with van der Waals surface area (Å²) in [7, 11) is 0. The van der Waals surface area contributed by atoms with Crippen molar-refractivity contribution in [3.63, 3.8) is 0 Å². The maximum Gasteiger partial charge on any atom is 0.387 e. The number of thiophene rings is 1. The highest BCUT2D eigenvalue weighted by atomic mass is 32.1. The molecule has 0 spiro atoms. The smallest absolute Gasteiger partial charge is 0.387 e. The van der Waals surface area contributed by atoms with Crippen LogP contribution in [-0.2, 0) is 0 Å². The third-order valence-electron chi connectivity index (χ3n) is 3.06. The van der Waals surface area contributed by atoms with Gasteiger partial charge in [-0.1, -0.05) is 0 Å². The fraction of sp³-hybridized carbons (Fsp3) is 0.583. The molecule has 1 aromatic rings. The molecule has 1 fully saturated rings. The van der Waals surface area contributed by atoms with E-state index in [4.69, 9.17) is 5.73 Å². The van der Waals surface area contributed by atoms with Gasteiger partial charge in [-0.15, -0.1) is 11.3 Å². The SMILES string of the molecule is Cc1cc(OC(F)F)c(C(=O)N2CCC(N)CC2)s1. The standard InChI is InChI=1S/C12H16F2N2O2S/c1-7-6-9(18-12(13)14)10(19-7)11(17)16-4-2-8(15)3-5-16/h6,8,12H,2-5,15H2,1H3. The van der Waals surface area contributed by atoms with Gasteiger partial charge in [0.05, 0.1) is 0 Å². The average molecular weight is 290 g/mol. The van der Waals surface area contributed by atoms with Gasteiger partial charge in [0.2, 0.25) is 0 Å². The molecule has 7 heteroatoms. The number of rotatable bonds is 3. The Morgan fingerprint density at radius 2 is 2.16 bits per heavy atom. The van der Waals surface area contributed by atoms with Crippen LogP contribution in [0.2, 0.25) is 0 Å². The molecular weight excluding hydrogens is 274 g/mol. The molecule has 0 radical (unpaired) electrons. The average Bonchev–Trinajstić information content (AvgIpc) is 2.69. The number of carbonyl (C=O) groups excluding carboxylic acids is 1. The number of alkyl halides is 2. The number of hydrogen-bond donors (Lipinski definition) is 1. The third-order valence-corrected chi connectivity index (χ3v) is 4.08. The lowest BCUT2D eigenvalue weighted by molar-refractivity contribution is -0.0499. The lowest BCUT2D eigenvalue weighted by Crippen LogP contribution is -2.42. The van der Waals surface area contributed by atoms with E-state index in [0.29, 0.717) is 13.1 Å². The molecule has 19 heavy (non-hydrogen) atoms. The lowest BCUT2D eigenvalue weighted by Gasteiger charge is -2.30. The van der Waals surface area contributed by atoms with Crippen LogP contribution in [0.25, 0.3) is 0 Å². The van der Waals surface area contributed by atoms with Crippen molar-refractivity contribution in [1.29, 1.82) is 0 Å². The third kappa shape index (κ3) is 3.42. The van der Waals surface area contributed by atoms with Gasteiger partial charge in [0.1, 0.15) is 10.6 Å². The molecule has 0 atom stereocenters. The van der Waals surface area contributed by atoms with E-state index in [-0.39, 0.29) is 22.6 Å². The Morgan fingerprint density at radius 3 is 2.74 bits per heavy atom. The maximum atomic E-state index is 12.3. The van der Waals surface area contributed by atoms with Gasteiger partial charge in [-0.25, -0.2) is 0 Å². The molecule has 4 nitrogen and oxygen atoms in total. The molecule has 2 rings (SSSR count). The molecule has 2 N–H and O–H groups in total. The van der Waals surface area contributed by atoms with E-state index in [0.717, 1.165) is 17.7 Å². The normalized spacial score (nSPS) is 17.0. The van der Waals surface area contributed by atoms with Crippen LogP contribution in [-0.4, -0.2) is 36.5 Å². The van der Waals surface area contributed by atoms with Crippen LogP contribution in [0.1, 0.15) is 27.4 Å². The summed E-state index contributed by atoms with van der Waals surface area (Å²) >= 11 is 1.18. The van der Waals surface area contributed by atoms with Crippen molar-refractivity contribution >= 4 is 17.2 Å². The van der Waals surface area contributed by atoms with Crippen molar-refractivity contribution in [3.05, 3.63) is 15.8 Å². The minimum absolute atomic E-state index is 0.0302. The van der Waals surface area contributed by atoms with Crippen molar-refractivity contribution in [1.82, 2.24) is 4.90 Å². The fourth-order valence-electron chi connectivity index (χ4n) is 2.07. The van der Waals surface area contributed by atoms with Crippen molar-refractivity contribution in [3.8, 4) is 5.75 Å². The van der Waals surface area contributed by atoms with Crippen molar-refractivity contribution in [2.75, 3.05) is 13.1 Å². The van der Waals surface area contributed by atoms with Crippen LogP contribution in [0.15, 0.2) is 6.07 Å². The number of carbonyl (C=O) groups is 1. The largest absolute Gasteiger partial charge is 0.433 e. The Labute approximate surface area is 114 Å². The molecule has 1 saturated heterocycles. The second-order valence-electron chi connectivity index (χ2n) is 4.56. The fourth-order valence-corrected chi connectivity index (χ4v) is 2.98. The van der Waals surface area contributed by atoms with E-state index in [1.54, 1.807) is 11.8 Å². The van der Waals surface area contributed by atoms with E-state index in [1.807, 2.05) is 0 Å². The first-order valence-electron chi connectivity index (χ1n) is 6.07. The zero-order chi connectivity index (χ0) is 14.0. The highest BCUT2D eigenvalue weighted by Gasteiger charge is 2.26. The van der Waals surface area contributed by atoms with Gasteiger partial charge in [0.15, 0.2) is 0 Å². The number of aryl methyl sites for hydroxylation is 1. The van der Waals surface area contributed by atoms with Crippen molar-refractivity contribution in [2.45, 2.75) is 32.4 Å². The van der Waals surface area contributed by atoms with Gasteiger partial charge in [-0.05, 0) is 25.8 Å². The van der Waals surface area contributed by atoms with Crippen LogP contribution >= 0.6 is 11.3 Å².